The van der Waals surface area contributed by atoms with E-state index in [4.69, 9.17) is 0 Å². The fourth-order valence-electron chi connectivity index (χ4n) is 9.75. The van der Waals surface area contributed by atoms with Crippen LogP contribution in [-0.4, -0.2) is 4.57 Å². The number of fused-ring (bicyclic) bond motifs is 7. The molecular formula is C59H42N2S. The van der Waals surface area contributed by atoms with Crippen LogP contribution in [0.5, 0.6) is 0 Å². The third-order valence-corrected chi connectivity index (χ3v) is 13.9. The number of para-hydroxylation sites is 3. The lowest BCUT2D eigenvalue weighted by atomic mass is 9.90. The summed E-state index contributed by atoms with van der Waals surface area (Å²) in [6.07, 6.45) is 5.79. The lowest BCUT2D eigenvalue weighted by Crippen LogP contribution is -2.09. The van der Waals surface area contributed by atoms with Gasteiger partial charge in [0.25, 0.3) is 0 Å². The molecule has 12 rings (SSSR count). The Balaban J connectivity index is 0.886. The van der Waals surface area contributed by atoms with E-state index in [0.717, 1.165) is 29.2 Å². The smallest absolute Gasteiger partial charge is 0.0541 e. The molecule has 1 unspecified atom stereocenters. The topological polar surface area (TPSA) is 8.17 Å². The van der Waals surface area contributed by atoms with E-state index in [9.17, 15) is 0 Å². The number of benzene rings is 9. The van der Waals surface area contributed by atoms with E-state index in [2.05, 4.69) is 235 Å². The first kappa shape index (κ1) is 36.4. The monoisotopic (exact) mass is 810 g/mol. The number of allylic oxidation sites excluding steroid dienone is 1. The van der Waals surface area contributed by atoms with Gasteiger partial charge in [0.05, 0.1) is 11.0 Å². The highest BCUT2D eigenvalue weighted by Crippen LogP contribution is 2.43. The Morgan fingerprint density at radius 3 is 1.71 bits per heavy atom. The molecule has 2 nitrogen and oxygen atoms in total. The maximum Gasteiger partial charge on any atom is 0.0541 e. The highest BCUT2D eigenvalue weighted by Gasteiger charge is 2.19. The van der Waals surface area contributed by atoms with Crippen molar-refractivity contribution in [3.63, 3.8) is 0 Å². The molecule has 3 heteroatoms. The number of thiophene rings is 1. The highest BCUT2D eigenvalue weighted by molar-refractivity contribution is 7.20. The molecule has 2 heterocycles. The van der Waals surface area contributed by atoms with Crippen LogP contribution in [0.2, 0.25) is 0 Å². The normalized spacial score (nSPS) is 13.6. The summed E-state index contributed by atoms with van der Waals surface area (Å²) in [6.45, 7) is 2.32. The van der Waals surface area contributed by atoms with Crippen molar-refractivity contribution in [2.24, 2.45) is 5.92 Å². The van der Waals surface area contributed by atoms with Gasteiger partial charge < -0.3 is 9.47 Å². The number of rotatable bonds is 7. The minimum atomic E-state index is 0.575. The van der Waals surface area contributed by atoms with Crippen molar-refractivity contribution in [2.75, 3.05) is 4.90 Å². The third kappa shape index (κ3) is 6.16. The molecule has 62 heavy (non-hydrogen) atoms. The molecule has 0 spiro atoms. The summed E-state index contributed by atoms with van der Waals surface area (Å²) >= 11 is 1.92. The lowest BCUT2D eigenvalue weighted by Gasteiger charge is -2.25. The van der Waals surface area contributed by atoms with E-state index in [1.165, 1.54) is 86.5 Å². The standard InChI is InChI=1S/C59H42N2S/c1-39-20-34-58-54(36-39)55-38-43(26-35-59(55)62-58)49-32-31-48(50-16-8-9-17-51(49)50)41-23-29-47(30-24-41)61-56-19-11-10-18-52(56)53-37-42(25-33-57(53)61)40-21-27-46(28-22-40)60(44-12-4-2-5-13-44)45-14-6-3-7-15-45/h2-35,37-39H,36H2,1H3. The maximum atomic E-state index is 2.43. The average Bonchev–Trinajstić information content (AvgIpc) is 3.87. The average molecular weight is 811 g/mol. The highest BCUT2D eigenvalue weighted by atomic mass is 32.1. The van der Waals surface area contributed by atoms with Gasteiger partial charge in [-0.1, -0.05) is 140 Å². The minimum Gasteiger partial charge on any atom is -0.311 e. The van der Waals surface area contributed by atoms with Crippen LogP contribution < -0.4 is 4.90 Å². The van der Waals surface area contributed by atoms with Crippen LogP contribution in [0.3, 0.4) is 0 Å². The van der Waals surface area contributed by atoms with E-state index in [1.807, 2.05) is 11.3 Å². The number of hydrogen-bond donors (Lipinski definition) is 0. The second-order valence-electron chi connectivity index (χ2n) is 16.6. The van der Waals surface area contributed by atoms with E-state index in [0.29, 0.717) is 5.92 Å². The van der Waals surface area contributed by atoms with Gasteiger partial charge in [-0.3, -0.25) is 0 Å². The van der Waals surface area contributed by atoms with Crippen molar-refractivity contribution >= 4 is 77.1 Å². The molecule has 0 radical (unpaired) electrons. The number of hydrogen-bond acceptors (Lipinski definition) is 2. The second kappa shape index (κ2) is 14.9. The molecule has 0 bridgehead atoms. The van der Waals surface area contributed by atoms with Gasteiger partial charge >= 0.3 is 0 Å². The quantitative estimate of drug-likeness (QED) is 0.156. The van der Waals surface area contributed by atoms with Crippen LogP contribution in [0, 0.1) is 5.92 Å². The molecular weight excluding hydrogens is 769 g/mol. The van der Waals surface area contributed by atoms with Gasteiger partial charge in [0.15, 0.2) is 0 Å². The van der Waals surface area contributed by atoms with Gasteiger partial charge in [0.1, 0.15) is 0 Å². The molecule has 1 atom stereocenters. The fraction of sp³-hybridized carbons (Fsp3) is 0.0508. The summed E-state index contributed by atoms with van der Waals surface area (Å²) in [5.41, 5.74) is 15.9. The molecule has 11 aromatic rings. The summed E-state index contributed by atoms with van der Waals surface area (Å²) in [5.74, 6) is 0.575. The first-order valence-electron chi connectivity index (χ1n) is 21.5. The van der Waals surface area contributed by atoms with Crippen molar-refractivity contribution in [1.82, 2.24) is 4.57 Å². The van der Waals surface area contributed by atoms with Gasteiger partial charge in [-0.15, -0.1) is 11.3 Å². The fourth-order valence-corrected chi connectivity index (χ4v) is 10.9. The summed E-state index contributed by atoms with van der Waals surface area (Å²) in [7, 11) is 0. The van der Waals surface area contributed by atoms with E-state index in [1.54, 1.807) is 0 Å². The molecule has 0 amide bonds. The molecule has 1 aliphatic carbocycles. The van der Waals surface area contributed by atoms with E-state index < -0.39 is 0 Å². The summed E-state index contributed by atoms with van der Waals surface area (Å²) in [5, 5.41) is 6.45. The zero-order chi connectivity index (χ0) is 41.1. The molecule has 294 valence electrons. The van der Waals surface area contributed by atoms with Gasteiger partial charge in [0.2, 0.25) is 0 Å². The molecule has 1 aliphatic rings. The van der Waals surface area contributed by atoms with Crippen molar-refractivity contribution < 1.29 is 0 Å². The Hall–Kier alpha value is -7.46. The summed E-state index contributed by atoms with van der Waals surface area (Å²) < 4.78 is 3.79. The van der Waals surface area contributed by atoms with E-state index in [-0.39, 0.29) is 0 Å². The summed E-state index contributed by atoms with van der Waals surface area (Å²) in [6, 6.07) is 75.6. The lowest BCUT2D eigenvalue weighted by molar-refractivity contribution is 0.724. The van der Waals surface area contributed by atoms with Crippen LogP contribution in [0.4, 0.5) is 17.1 Å². The molecule has 2 aromatic heterocycles. The Labute approximate surface area is 365 Å². The van der Waals surface area contributed by atoms with Gasteiger partial charge in [-0.05, 0) is 152 Å². The van der Waals surface area contributed by atoms with Crippen molar-refractivity contribution in [3.8, 4) is 39.1 Å². The van der Waals surface area contributed by atoms with Gasteiger partial charge in [0, 0.05) is 43.1 Å². The predicted molar refractivity (Wildman–Crippen MR) is 267 cm³/mol. The Kier molecular flexibility index (Phi) is 8.76. The zero-order valence-corrected chi connectivity index (χ0v) is 35.2. The largest absolute Gasteiger partial charge is 0.311 e. The van der Waals surface area contributed by atoms with Crippen molar-refractivity contribution in [1.29, 1.82) is 0 Å². The number of nitrogens with zero attached hydrogens (tertiary/aromatic N) is 2. The number of anilines is 3. The van der Waals surface area contributed by atoms with Crippen LogP contribution in [0.1, 0.15) is 17.4 Å². The predicted octanol–water partition coefficient (Wildman–Crippen LogP) is 16.8. The first-order chi connectivity index (χ1) is 30.6. The SMILES string of the molecule is CC1C=Cc2sc3ccc(-c4ccc(-c5ccc(-n6c7ccccc7c7cc(-c8ccc(N(c9ccccc9)c9ccccc9)cc8)ccc76)cc5)c5ccccc45)cc3c2C1. The maximum absolute atomic E-state index is 2.43. The molecule has 0 N–H and O–H groups in total. The second-order valence-corrected chi connectivity index (χ2v) is 17.7. The Bertz CT molecular complexity index is 3440. The molecule has 9 aromatic carbocycles. The van der Waals surface area contributed by atoms with Crippen molar-refractivity contribution in [3.05, 3.63) is 223 Å². The number of aromatic nitrogens is 1. The van der Waals surface area contributed by atoms with Crippen LogP contribution in [0.15, 0.2) is 212 Å². The first-order valence-corrected chi connectivity index (χ1v) is 22.4. The molecule has 0 saturated heterocycles. The Morgan fingerprint density at radius 1 is 0.452 bits per heavy atom. The third-order valence-electron chi connectivity index (χ3n) is 12.8. The molecule has 0 fully saturated rings. The summed E-state index contributed by atoms with van der Waals surface area (Å²) in [4.78, 5) is 3.72. The van der Waals surface area contributed by atoms with Crippen molar-refractivity contribution in [2.45, 2.75) is 13.3 Å². The van der Waals surface area contributed by atoms with Gasteiger partial charge in [-0.25, -0.2) is 0 Å². The van der Waals surface area contributed by atoms with Gasteiger partial charge in [-0.2, -0.15) is 0 Å². The van der Waals surface area contributed by atoms with Crippen LogP contribution in [-0.2, 0) is 6.42 Å². The van der Waals surface area contributed by atoms with E-state index >= 15 is 0 Å². The molecule has 0 aliphatic heterocycles. The van der Waals surface area contributed by atoms with Crippen LogP contribution >= 0.6 is 11.3 Å². The molecule has 0 saturated carbocycles. The zero-order valence-electron chi connectivity index (χ0n) is 34.4. The minimum absolute atomic E-state index is 0.575. The Morgan fingerprint density at radius 2 is 1.00 bits per heavy atom. The van der Waals surface area contributed by atoms with Crippen LogP contribution in [0.25, 0.3) is 87.8 Å².